The fourth-order valence-electron chi connectivity index (χ4n) is 3.12. The summed E-state index contributed by atoms with van der Waals surface area (Å²) >= 11 is 9.45. The van der Waals surface area contributed by atoms with Gasteiger partial charge in [-0.3, -0.25) is 4.79 Å². The molecule has 2 aromatic carbocycles. The number of halogens is 1. The van der Waals surface area contributed by atoms with E-state index in [4.69, 9.17) is 11.6 Å². The molecule has 3 rings (SSSR count). The Bertz CT molecular complexity index is 955. The molecule has 0 aliphatic carbocycles. The van der Waals surface area contributed by atoms with Crippen LogP contribution in [0.15, 0.2) is 58.3 Å². The number of benzene rings is 2. The molecule has 9 heteroatoms. The number of carbonyl (C=O) groups excluding carboxylic acids is 1. The first-order valence-electron chi connectivity index (χ1n) is 9.19. The fraction of sp³-hybridized carbons (Fsp3) is 0.350. The number of carbonyl (C=O) groups is 1. The largest absolute Gasteiger partial charge is 0.348 e. The first-order valence-corrected chi connectivity index (χ1v) is 13.4. The Balaban J connectivity index is 1.78. The van der Waals surface area contributed by atoms with Crippen molar-refractivity contribution in [1.29, 1.82) is 0 Å². The Morgan fingerprint density at radius 2 is 2.03 bits per heavy atom. The van der Waals surface area contributed by atoms with E-state index in [1.165, 1.54) is 12.1 Å². The average molecular weight is 471 g/mol. The van der Waals surface area contributed by atoms with Crippen LogP contribution in [0, 0.1) is 0 Å². The van der Waals surface area contributed by atoms with E-state index >= 15 is 0 Å². The van der Waals surface area contributed by atoms with Crippen molar-refractivity contribution in [2.45, 2.75) is 34.7 Å². The Hall–Kier alpha value is -1.19. The number of fused-ring (bicyclic) bond motifs is 1. The Morgan fingerprint density at radius 3 is 2.76 bits per heavy atom. The number of hydrogen-bond acceptors (Lipinski definition) is 5. The Labute approximate surface area is 185 Å². The van der Waals surface area contributed by atoms with E-state index in [0.29, 0.717) is 17.2 Å². The van der Waals surface area contributed by atoms with Crippen LogP contribution in [-0.2, 0) is 14.8 Å². The van der Waals surface area contributed by atoms with Crippen molar-refractivity contribution in [3.8, 4) is 0 Å². The summed E-state index contributed by atoms with van der Waals surface area (Å²) in [7, 11) is -3.79. The van der Waals surface area contributed by atoms with E-state index in [9.17, 15) is 13.2 Å². The van der Waals surface area contributed by atoms with E-state index in [-0.39, 0.29) is 16.8 Å². The first-order chi connectivity index (χ1) is 13.9. The number of amides is 1. The molecule has 1 aliphatic rings. The van der Waals surface area contributed by atoms with Crippen LogP contribution in [0.3, 0.4) is 0 Å². The molecular formula is C20H23ClN2O3S3. The molecule has 0 radical (unpaired) electrons. The summed E-state index contributed by atoms with van der Waals surface area (Å²) in [5.74, 6) is 1.23. The van der Waals surface area contributed by atoms with Crippen LogP contribution in [0.1, 0.15) is 24.4 Å². The van der Waals surface area contributed by atoms with Gasteiger partial charge >= 0.3 is 0 Å². The zero-order valence-corrected chi connectivity index (χ0v) is 19.1. The molecule has 2 aromatic rings. The highest BCUT2D eigenvalue weighted by molar-refractivity contribution is 7.99. The molecule has 2 atom stereocenters. The van der Waals surface area contributed by atoms with E-state index in [1.807, 2.05) is 24.5 Å². The summed E-state index contributed by atoms with van der Waals surface area (Å²) in [6.07, 6.45) is 3.10. The summed E-state index contributed by atoms with van der Waals surface area (Å²) < 4.78 is 28.0. The van der Waals surface area contributed by atoms with Gasteiger partial charge in [0.15, 0.2) is 0 Å². The van der Waals surface area contributed by atoms with Crippen molar-refractivity contribution < 1.29 is 13.2 Å². The molecule has 0 aromatic heterocycles. The van der Waals surface area contributed by atoms with Gasteiger partial charge in [-0.15, -0.1) is 11.8 Å². The van der Waals surface area contributed by atoms with Crippen molar-refractivity contribution in [2.24, 2.45) is 0 Å². The lowest BCUT2D eigenvalue weighted by molar-refractivity contribution is -0.123. The standard InChI is InChI=1S/C20H23ClN2O3S3/c1-27-11-9-18(23-29(25,26)15-5-3-2-4-6-15)20(24)22-17-10-12-28-19-8-7-14(21)13-16(17)19/h2-8,13,17-18,23H,9-12H2,1H3,(H,22,24). The van der Waals surface area contributed by atoms with Crippen molar-refractivity contribution in [3.05, 3.63) is 59.1 Å². The number of sulfonamides is 1. The Morgan fingerprint density at radius 1 is 1.28 bits per heavy atom. The quantitative estimate of drug-likeness (QED) is 0.607. The maximum atomic E-state index is 13.0. The van der Waals surface area contributed by atoms with Crippen LogP contribution < -0.4 is 10.0 Å². The predicted octanol–water partition coefficient (Wildman–Crippen LogP) is 4.09. The minimum Gasteiger partial charge on any atom is -0.348 e. The molecule has 29 heavy (non-hydrogen) atoms. The zero-order valence-electron chi connectivity index (χ0n) is 15.9. The van der Waals surface area contributed by atoms with E-state index in [0.717, 1.165) is 22.6 Å². The maximum Gasteiger partial charge on any atom is 0.241 e. The predicted molar refractivity (Wildman–Crippen MR) is 121 cm³/mol. The van der Waals surface area contributed by atoms with Gasteiger partial charge in [0.25, 0.3) is 0 Å². The molecule has 2 N–H and O–H groups in total. The van der Waals surface area contributed by atoms with Gasteiger partial charge in [-0.2, -0.15) is 16.5 Å². The summed E-state index contributed by atoms with van der Waals surface area (Å²) in [5, 5.41) is 3.66. The van der Waals surface area contributed by atoms with Gasteiger partial charge in [0.1, 0.15) is 6.04 Å². The molecule has 1 aliphatic heterocycles. The van der Waals surface area contributed by atoms with Crippen LogP contribution in [0.5, 0.6) is 0 Å². The first kappa shape index (κ1) is 22.5. The highest BCUT2D eigenvalue weighted by Crippen LogP contribution is 2.37. The normalized spacial score (nSPS) is 17.4. The molecule has 1 heterocycles. The highest BCUT2D eigenvalue weighted by Gasteiger charge is 2.29. The van der Waals surface area contributed by atoms with Crippen LogP contribution in [-0.4, -0.2) is 38.1 Å². The molecule has 2 unspecified atom stereocenters. The summed E-state index contributed by atoms with van der Waals surface area (Å²) in [6, 6.07) is 12.7. The van der Waals surface area contributed by atoms with Gasteiger partial charge < -0.3 is 5.32 Å². The molecule has 0 saturated heterocycles. The van der Waals surface area contributed by atoms with Gasteiger partial charge in [0.05, 0.1) is 10.9 Å². The monoisotopic (exact) mass is 470 g/mol. The van der Waals surface area contributed by atoms with Gasteiger partial charge in [-0.25, -0.2) is 8.42 Å². The lowest BCUT2D eigenvalue weighted by atomic mass is 10.0. The fourth-order valence-corrected chi connectivity index (χ4v) is 6.13. The molecule has 156 valence electrons. The number of nitrogens with one attached hydrogen (secondary N) is 2. The number of rotatable bonds is 8. The van der Waals surface area contributed by atoms with Crippen molar-refractivity contribution in [2.75, 3.05) is 17.8 Å². The zero-order chi connectivity index (χ0) is 20.9. The third kappa shape index (κ3) is 5.92. The second kappa shape index (κ2) is 10.2. The summed E-state index contributed by atoms with van der Waals surface area (Å²) in [6.45, 7) is 0. The molecule has 5 nitrogen and oxygen atoms in total. The van der Waals surface area contributed by atoms with Crippen LogP contribution in [0.2, 0.25) is 5.02 Å². The third-order valence-electron chi connectivity index (χ3n) is 4.61. The smallest absolute Gasteiger partial charge is 0.241 e. The maximum absolute atomic E-state index is 13.0. The number of hydrogen-bond donors (Lipinski definition) is 2. The second-order valence-corrected chi connectivity index (χ2v) is 10.9. The van der Waals surface area contributed by atoms with E-state index < -0.39 is 16.1 Å². The van der Waals surface area contributed by atoms with Crippen LogP contribution in [0.25, 0.3) is 0 Å². The SMILES string of the molecule is CSCCC(NS(=O)(=O)c1ccccc1)C(=O)NC1CCSc2ccc(Cl)cc21. The lowest BCUT2D eigenvalue weighted by Crippen LogP contribution is -2.48. The topological polar surface area (TPSA) is 75.3 Å². The molecule has 0 spiro atoms. The molecule has 1 amide bonds. The van der Waals surface area contributed by atoms with Gasteiger partial charge in [0, 0.05) is 15.7 Å². The highest BCUT2D eigenvalue weighted by atomic mass is 35.5. The molecule has 0 fully saturated rings. The lowest BCUT2D eigenvalue weighted by Gasteiger charge is -2.28. The van der Waals surface area contributed by atoms with Crippen molar-refractivity contribution in [3.63, 3.8) is 0 Å². The summed E-state index contributed by atoms with van der Waals surface area (Å²) in [5.41, 5.74) is 0.983. The van der Waals surface area contributed by atoms with Gasteiger partial charge in [-0.1, -0.05) is 29.8 Å². The summed E-state index contributed by atoms with van der Waals surface area (Å²) in [4.78, 5) is 14.3. The van der Waals surface area contributed by atoms with Crippen LogP contribution >= 0.6 is 35.1 Å². The van der Waals surface area contributed by atoms with Crippen LogP contribution in [0.4, 0.5) is 0 Å². The molecule has 0 saturated carbocycles. The second-order valence-electron chi connectivity index (χ2n) is 6.65. The van der Waals surface area contributed by atoms with Gasteiger partial charge in [0.2, 0.25) is 15.9 Å². The average Bonchev–Trinajstić information content (AvgIpc) is 2.72. The van der Waals surface area contributed by atoms with E-state index in [1.54, 1.807) is 41.7 Å². The number of thioether (sulfide) groups is 2. The minimum absolute atomic E-state index is 0.146. The minimum atomic E-state index is -3.79. The van der Waals surface area contributed by atoms with Gasteiger partial charge in [-0.05, 0) is 60.7 Å². The third-order valence-corrected chi connectivity index (χ3v) is 8.10. The van der Waals surface area contributed by atoms with Crippen molar-refractivity contribution in [1.82, 2.24) is 10.0 Å². The molecule has 0 bridgehead atoms. The van der Waals surface area contributed by atoms with Crippen molar-refractivity contribution >= 4 is 51.1 Å². The Kier molecular flexibility index (Phi) is 7.92. The molecular weight excluding hydrogens is 448 g/mol. The van der Waals surface area contributed by atoms with E-state index in [2.05, 4.69) is 10.0 Å².